The average molecular weight is 524 g/mol. The third kappa shape index (κ3) is 4.29. The van der Waals surface area contributed by atoms with E-state index < -0.39 is 35.0 Å². The highest BCUT2D eigenvalue weighted by Crippen LogP contribution is 2.50. The van der Waals surface area contributed by atoms with E-state index in [2.05, 4.69) is 10.2 Å². The van der Waals surface area contributed by atoms with Crippen molar-refractivity contribution in [3.05, 3.63) is 80.9 Å². The highest BCUT2D eigenvalue weighted by molar-refractivity contribution is 6.31. The van der Waals surface area contributed by atoms with E-state index in [1.165, 1.54) is 50.4 Å². The fourth-order valence-electron chi connectivity index (χ4n) is 3.78. The number of carboxylic acids is 1. The first-order valence-corrected chi connectivity index (χ1v) is 10.6. The van der Waals surface area contributed by atoms with Crippen molar-refractivity contribution in [2.24, 2.45) is 7.05 Å². The molecule has 188 valence electrons. The van der Waals surface area contributed by atoms with Gasteiger partial charge in [-0.3, -0.25) is 4.57 Å². The molecule has 0 amide bonds. The number of oxazole rings is 1. The van der Waals surface area contributed by atoms with Crippen LogP contribution in [0.5, 0.6) is 11.6 Å². The van der Waals surface area contributed by atoms with Crippen LogP contribution in [0.2, 0.25) is 5.02 Å². The monoisotopic (exact) mass is 523 g/mol. The zero-order valence-corrected chi connectivity index (χ0v) is 19.3. The second-order valence-electron chi connectivity index (χ2n) is 7.94. The standard InChI is InChI=1S/C23H17ClF3N3O6/c1-11(14-5-4-13(10-15(14)24)35-19-8-6-16(20(31)32)28-29-19)22(34,23(25,26)27)12-3-7-18-17(9-12)30(2)21(33)36-18/h3-11,34H,1-2H3,(H,31,32). The van der Waals surface area contributed by atoms with Crippen LogP contribution in [0.1, 0.15) is 34.5 Å². The Balaban J connectivity index is 1.70. The van der Waals surface area contributed by atoms with E-state index in [1.54, 1.807) is 0 Å². The lowest BCUT2D eigenvalue weighted by molar-refractivity contribution is -0.274. The number of carboxylic acid groups (broad SMARTS) is 1. The number of ether oxygens (including phenoxy) is 1. The molecule has 0 fully saturated rings. The Morgan fingerprint density at radius 3 is 2.44 bits per heavy atom. The van der Waals surface area contributed by atoms with Crippen molar-refractivity contribution >= 4 is 28.7 Å². The van der Waals surface area contributed by atoms with Crippen LogP contribution in [0.4, 0.5) is 13.2 Å². The minimum Gasteiger partial charge on any atom is -0.476 e. The first-order valence-electron chi connectivity index (χ1n) is 10.3. The summed E-state index contributed by atoms with van der Waals surface area (Å²) in [6.45, 7) is 1.17. The lowest BCUT2D eigenvalue weighted by Gasteiger charge is -2.37. The maximum Gasteiger partial charge on any atom is 0.422 e. The van der Waals surface area contributed by atoms with E-state index in [4.69, 9.17) is 25.9 Å². The smallest absolute Gasteiger partial charge is 0.422 e. The number of aliphatic hydroxyl groups is 1. The summed E-state index contributed by atoms with van der Waals surface area (Å²) in [4.78, 5) is 22.6. The van der Waals surface area contributed by atoms with Crippen molar-refractivity contribution in [2.75, 3.05) is 0 Å². The third-order valence-electron chi connectivity index (χ3n) is 5.81. The van der Waals surface area contributed by atoms with Gasteiger partial charge in [0.2, 0.25) is 5.88 Å². The number of halogens is 4. The summed E-state index contributed by atoms with van der Waals surface area (Å²) in [6.07, 6.45) is -5.12. The van der Waals surface area contributed by atoms with Gasteiger partial charge in [-0.15, -0.1) is 10.2 Å². The summed E-state index contributed by atoms with van der Waals surface area (Å²) in [5.41, 5.74) is -4.06. The topological polar surface area (TPSA) is 128 Å². The van der Waals surface area contributed by atoms with Crippen LogP contribution in [0.15, 0.2) is 57.7 Å². The van der Waals surface area contributed by atoms with Gasteiger partial charge in [-0.25, -0.2) is 9.59 Å². The van der Waals surface area contributed by atoms with Gasteiger partial charge in [0.15, 0.2) is 16.9 Å². The predicted octanol–water partition coefficient (Wildman–Crippen LogP) is 4.62. The van der Waals surface area contributed by atoms with E-state index in [0.717, 1.165) is 16.7 Å². The molecule has 0 aliphatic carbocycles. The number of nitrogens with zero attached hydrogens (tertiary/aromatic N) is 3. The summed E-state index contributed by atoms with van der Waals surface area (Å²) in [7, 11) is 1.34. The number of carbonyl (C=O) groups is 1. The summed E-state index contributed by atoms with van der Waals surface area (Å²) >= 11 is 6.29. The van der Waals surface area contributed by atoms with Crippen molar-refractivity contribution in [3.63, 3.8) is 0 Å². The summed E-state index contributed by atoms with van der Waals surface area (Å²) in [5.74, 6) is -3.59. The Morgan fingerprint density at radius 2 is 1.86 bits per heavy atom. The number of alkyl halides is 3. The first-order chi connectivity index (χ1) is 16.8. The van der Waals surface area contributed by atoms with Crippen LogP contribution >= 0.6 is 11.6 Å². The quantitative estimate of drug-likeness (QED) is 0.375. The van der Waals surface area contributed by atoms with Crippen molar-refractivity contribution in [2.45, 2.75) is 24.6 Å². The molecule has 9 nitrogen and oxygen atoms in total. The Kier molecular flexibility index (Phi) is 6.27. The van der Waals surface area contributed by atoms with E-state index >= 15 is 0 Å². The van der Waals surface area contributed by atoms with E-state index in [-0.39, 0.29) is 39.0 Å². The maximum absolute atomic E-state index is 14.4. The van der Waals surface area contributed by atoms with Crippen LogP contribution in [0.25, 0.3) is 11.1 Å². The fraction of sp³-hybridized carbons (Fsp3) is 0.217. The molecule has 2 N–H and O–H groups in total. The average Bonchev–Trinajstić information content (AvgIpc) is 3.10. The lowest BCUT2D eigenvalue weighted by atomic mass is 9.77. The van der Waals surface area contributed by atoms with Gasteiger partial charge in [-0.2, -0.15) is 13.2 Å². The molecule has 4 rings (SSSR count). The Hall–Kier alpha value is -3.90. The molecule has 4 aromatic rings. The second kappa shape index (κ2) is 8.95. The van der Waals surface area contributed by atoms with Crippen molar-refractivity contribution in [1.29, 1.82) is 0 Å². The molecule has 0 saturated heterocycles. The van der Waals surface area contributed by atoms with Crippen LogP contribution in [-0.2, 0) is 12.6 Å². The Morgan fingerprint density at radius 1 is 1.14 bits per heavy atom. The number of aryl methyl sites for hydroxylation is 1. The molecule has 36 heavy (non-hydrogen) atoms. The van der Waals surface area contributed by atoms with Gasteiger partial charge >= 0.3 is 17.9 Å². The predicted molar refractivity (Wildman–Crippen MR) is 120 cm³/mol. The summed E-state index contributed by atoms with van der Waals surface area (Å²) in [6, 6.07) is 9.52. The lowest BCUT2D eigenvalue weighted by Crippen LogP contribution is -2.46. The highest BCUT2D eigenvalue weighted by atomic mass is 35.5. The first kappa shape index (κ1) is 25.2. The van der Waals surface area contributed by atoms with Crippen LogP contribution < -0.4 is 10.5 Å². The normalized spacial score (nSPS) is 14.4. The van der Waals surface area contributed by atoms with Gasteiger partial charge in [0.25, 0.3) is 0 Å². The molecular formula is C23H17ClF3N3O6. The molecule has 2 aromatic carbocycles. The van der Waals surface area contributed by atoms with Crippen molar-refractivity contribution in [3.8, 4) is 11.6 Å². The van der Waals surface area contributed by atoms with Crippen LogP contribution in [-0.4, -0.2) is 37.1 Å². The third-order valence-corrected chi connectivity index (χ3v) is 6.14. The second-order valence-corrected chi connectivity index (χ2v) is 8.35. The van der Waals surface area contributed by atoms with Crippen molar-refractivity contribution < 1.29 is 37.3 Å². The molecule has 2 unspecified atom stereocenters. The molecule has 0 saturated carbocycles. The van der Waals surface area contributed by atoms with Crippen molar-refractivity contribution in [1.82, 2.24) is 14.8 Å². The van der Waals surface area contributed by atoms with Gasteiger partial charge in [0, 0.05) is 24.1 Å². The van der Waals surface area contributed by atoms with Gasteiger partial charge in [0.05, 0.1) is 5.52 Å². The number of benzene rings is 2. The number of aromatic carboxylic acids is 1. The minimum atomic E-state index is -5.12. The molecular weight excluding hydrogens is 507 g/mol. The van der Waals surface area contributed by atoms with Crippen LogP contribution in [0, 0.1) is 0 Å². The number of hydrogen-bond acceptors (Lipinski definition) is 7. The van der Waals surface area contributed by atoms with Gasteiger partial charge in [0.1, 0.15) is 5.75 Å². The number of aromatic nitrogens is 3. The number of fused-ring (bicyclic) bond motifs is 1. The number of rotatable bonds is 6. The van der Waals surface area contributed by atoms with Gasteiger partial charge in [-0.05, 0) is 41.5 Å². The molecule has 13 heteroatoms. The fourth-order valence-corrected chi connectivity index (χ4v) is 4.11. The molecule has 0 aliphatic rings. The van der Waals surface area contributed by atoms with Gasteiger partial charge < -0.3 is 19.4 Å². The molecule has 2 aromatic heterocycles. The van der Waals surface area contributed by atoms with Gasteiger partial charge in [-0.1, -0.05) is 30.7 Å². The summed E-state index contributed by atoms with van der Waals surface area (Å²) in [5, 5.41) is 26.9. The minimum absolute atomic E-state index is 0.0302. The SMILES string of the molecule is CC(c1ccc(Oc2ccc(C(=O)O)nn2)cc1Cl)C(O)(c1ccc2oc(=O)n(C)c2c1)C(F)(F)F. The maximum atomic E-state index is 14.4. The zero-order chi connectivity index (χ0) is 26.4. The molecule has 2 atom stereocenters. The van der Waals surface area contributed by atoms with Crippen LogP contribution in [0.3, 0.4) is 0 Å². The summed E-state index contributed by atoms with van der Waals surface area (Å²) < 4.78 is 54.5. The van der Waals surface area contributed by atoms with E-state index in [1.807, 2.05) is 0 Å². The van der Waals surface area contributed by atoms with E-state index in [9.17, 15) is 27.9 Å². The molecule has 0 bridgehead atoms. The highest BCUT2D eigenvalue weighted by Gasteiger charge is 2.59. The molecule has 0 spiro atoms. The molecule has 0 radical (unpaired) electrons. The Bertz CT molecular complexity index is 1520. The van der Waals surface area contributed by atoms with E-state index in [0.29, 0.717) is 0 Å². The zero-order valence-electron chi connectivity index (χ0n) is 18.6. The molecule has 2 heterocycles. The number of hydrogen-bond donors (Lipinski definition) is 2. The molecule has 0 aliphatic heterocycles. The largest absolute Gasteiger partial charge is 0.476 e. The Labute approximate surface area is 205 Å².